The van der Waals surface area contributed by atoms with E-state index in [1.807, 2.05) is 6.07 Å². The van der Waals surface area contributed by atoms with Gasteiger partial charge in [-0.1, -0.05) is 5.16 Å². The topological polar surface area (TPSA) is 83.4 Å². The number of anilines is 1. The molecule has 1 aromatic heterocycles. The van der Waals surface area contributed by atoms with Crippen LogP contribution in [0, 0.1) is 0 Å². The normalized spacial score (nSPS) is 18.7. The Labute approximate surface area is 110 Å². The first kappa shape index (κ1) is 12.0. The molecule has 1 atom stereocenters. The number of nitrogens with two attached hydrogens (primary N) is 1. The molecule has 0 radical (unpaired) electrons. The predicted molar refractivity (Wildman–Crippen MR) is 68.6 cm³/mol. The average Bonchev–Trinajstić information content (AvgIpc) is 3.09. The van der Waals surface area contributed by atoms with Gasteiger partial charge in [0, 0.05) is 18.4 Å². The van der Waals surface area contributed by atoms with Crippen molar-refractivity contribution in [2.24, 2.45) is 0 Å². The molecule has 0 spiro atoms. The Kier molecular flexibility index (Phi) is 3.08. The molecular formula is C13H15N3O3. The summed E-state index contributed by atoms with van der Waals surface area (Å²) in [6.07, 6.45) is 1.90. The second kappa shape index (κ2) is 4.89. The molecule has 1 aliphatic heterocycles. The molecule has 6 nitrogen and oxygen atoms in total. The van der Waals surface area contributed by atoms with Gasteiger partial charge in [0.15, 0.2) is 0 Å². The number of aromatic nitrogens is 2. The lowest BCUT2D eigenvalue weighted by atomic mass is 10.1. The summed E-state index contributed by atoms with van der Waals surface area (Å²) in [5.74, 6) is 1.69. The van der Waals surface area contributed by atoms with Gasteiger partial charge in [0.05, 0.1) is 12.7 Å². The van der Waals surface area contributed by atoms with Gasteiger partial charge >= 0.3 is 0 Å². The first-order valence-electron chi connectivity index (χ1n) is 6.17. The molecule has 1 saturated heterocycles. The molecular weight excluding hydrogens is 246 g/mol. The van der Waals surface area contributed by atoms with Gasteiger partial charge in [0.25, 0.3) is 5.89 Å². The van der Waals surface area contributed by atoms with Crippen molar-refractivity contribution in [1.29, 1.82) is 0 Å². The van der Waals surface area contributed by atoms with Crippen LogP contribution in [-0.4, -0.2) is 23.9 Å². The Morgan fingerprint density at radius 1 is 1.42 bits per heavy atom. The maximum absolute atomic E-state index is 5.95. The molecule has 0 amide bonds. The van der Waals surface area contributed by atoms with E-state index < -0.39 is 0 Å². The SMILES string of the molecule is COc1ccc(-c2nc(C3CCCO3)no2)c(N)c1. The Hall–Kier alpha value is -2.08. The fourth-order valence-electron chi connectivity index (χ4n) is 2.12. The van der Waals surface area contributed by atoms with Gasteiger partial charge in [0.1, 0.15) is 11.9 Å². The van der Waals surface area contributed by atoms with Crippen LogP contribution in [0.4, 0.5) is 5.69 Å². The Bertz CT molecular complexity index is 576. The third kappa shape index (κ3) is 2.26. The molecule has 0 aliphatic carbocycles. The van der Waals surface area contributed by atoms with Gasteiger partial charge in [0.2, 0.25) is 5.82 Å². The predicted octanol–water partition coefficient (Wildman–Crippen LogP) is 2.18. The van der Waals surface area contributed by atoms with Gasteiger partial charge in [-0.3, -0.25) is 0 Å². The fourth-order valence-corrected chi connectivity index (χ4v) is 2.12. The number of methoxy groups -OCH3 is 1. The summed E-state index contributed by atoms with van der Waals surface area (Å²) in [5, 5.41) is 3.96. The Morgan fingerprint density at radius 2 is 2.32 bits per heavy atom. The van der Waals surface area contributed by atoms with Crippen molar-refractivity contribution >= 4 is 5.69 Å². The minimum Gasteiger partial charge on any atom is -0.497 e. The van der Waals surface area contributed by atoms with E-state index in [0.29, 0.717) is 28.7 Å². The van der Waals surface area contributed by atoms with Crippen LogP contribution < -0.4 is 10.5 Å². The lowest BCUT2D eigenvalue weighted by Crippen LogP contribution is -1.98. The Morgan fingerprint density at radius 3 is 3.00 bits per heavy atom. The van der Waals surface area contributed by atoms with Crippen LogP contribution in [0.5, 0.6) is 5.75 Å². The maximum Gasteiger partial charge on any atom is 0.260 e. The van der Waals surface area contributed by atoms with E-state index in [4.69, 9.17) is 19.7 Å². The highest BCUT2D eigenvalue weighted by Crippen LogP contribution is 2.31. The van der Waals surface area contributed by atoms with Crippen molar-refractivity contribution in [3.63, 3.8) is 0 Å². The molecule has 1 aromatic carbocycles. The van der Waals surface area contributed by atoms with Crippen LogP contribution in [0.3, 0.4) is 0 Å². The zero-order valence-electron chi connectivity index (χ0n) is 10.6. The van der Waals surface area contributed by atoms with E-state index in [2.05, 4.69) is 10.1 Å². The molecule has 1 unspecified atom stereocenters. The highest BCUT2D eigenvalue weighted by molar-refractivity contribution is 5.71. The fraction of sp³-hybridized carbons (Fsp3) is 0.385. The van der Waals surface area contributed by atoms with E-state index >= 15 is 0 Å². The summed E-state index contributed by atoms with van der Waals surface area (Å²) >= 11 is 0. The summed E-state index contributed by atoms with van der Waals surface area (Å²) in [6.45, 7) is 0.749. The summed E-state index contributed by atoms with van der Waals surface area (Å²) in [7, 11) is 1.59. The monoisotopic (exact) mass is 261 g/mol. The van der Waals surface area contributed by atoms with Gasteiger partial charge < -0.3 is 19.7 Å². The molecule has 1 aliphatic rings. The van der Waals surface area contributed by atoms with Crippen molar-refractivity contribution < 1.29 is 14.0 Å². The smallest absolute Gasteiger partial charge is 0.260 e. The van der Waals surface area contributed by atoms with Gasteiger partial charge in [-0.25, -0.2) is 0 Å². The zero-order chi connectivity index (χ0) is 13.2. The number of benzene rings is 1. The number of hydrogen-bond donors (Lipinski definition) is 1. The summed E-state index contributed by atoms with van der Waals surface area (Å²) < 4.78 is 15.9. The number of rotatable bonds is 3. The molecule has 0 saturated carbocycles. The van der Waals surface area contributed by atoms with Gasteiger partial charge in [-0.15, -0.1) is 0 Å². The quantitative estimate of drug-likeness (QED) is 0.852. The molecule has 3 rings (SSSR count). The molecule has 19 heavy (non-hydrogen) atoms. The highest BCUT2D eigenvalue weighted by Gasteiger charge is 2.24. The van der Waals surface area contributed by atoms with Crippen LogP contribution in [-0.2, 0) is 4.74 Å². The lowest BCUT2D eigenvalue weighted by molar-refractivity contribution is 0.103. The third-order valence-electron chi connectivity index (χ3n) is 3.15. The summed E-state index contributed by atoms with van der Waals surface area (Å²) in [6, 6.07) is 5.34. The highest BCUT2D eigenvalue weighted by atomic mass is 16.5. The third-order valence-corrected chi connectivity index (χ3v) is 3.15. The van der Waals surface area contributed by atoms with E-state index in [1.54, 1.807) is 19.2 Å². The lowest BCUT2D eigenvalue weighted by Gasteiger charge is -2.04. The number of hydrogen-bond acceptors (Lipinski definition) is 6. The van der Waals surface area contributed by atoms with Gasteiger partial charge in [-0.2, -0.15) is 4.98 Å². The average molecular weight is 261 g/mol. The molecule has 2 heterocycles. The zero-order valence-corrected chi connectivity index (χ0v) is 10.6. The molecule has 1 fully saturated rings. The van der Waals surface area contributed by atoms with Crippen LogP contribution in [0.1, 0.15) is 24.8 Å². The Balaban J connectivity index is 1.89. The first-order chi connectivity index (χ1) is 9.28. The maximum atomic E-state index is 5.95. The largest absolute Gasteiger partial charge is 0.497 e. The minimum atomic E-state index is -0.0584. The molecule has 2 aromatic rings. The van der Waals surface area contributed by atoms with Crippen molar-refractivity contribution in [2.75, 3.05) is 19.5 Å². The van der Waals surface area contributed by atoms with Crippen LogP contribution in [0.2, 0.25) is 0 Å². The number of nitrogens with zero attached hydrogens (tertiary/aromatic N) is 2. The molecule has 0 bridgehead atoms. The van der Waals surface area contributed by atoms with Crippen molar-refractivity contribution in [1.82, 2.24) is 10.1 Å². The molecule has 6 heteroatoms. The van der Waals surface area contributed by atoms with Crippen molar-refractivity contribution in [3.8, 4) is 17.2 Å². The molecule has 100 valence electrons. The van der Waals surface area contributed by atoms with E-state index in [-0.39, 0.29) is 6.10 Å². The second-order valence-electron chi connectivity index (χ2n) is 4.41. The number of ether oxygens (including phenoxy) is 2. The summed E-state index contributed by atoms with van der Waals surface area (Å²) in [5.41, 5.74) is 7.20. The molecule has 2 N–H and O–H groups in total. The van der Waals surface area contributed by atoms with Crippen LogP contribution in [0.25, 0.3) is 11.5 Å². The van der Waals surface area contributed by atoms with Crippen molar-refractivity contribution in [3.05, 3.63) is 24.0 Å². The van der Waals surface area contributed by atoms with E-state index in [0.717, 1.165) is 19.4 Å². The summed E-state index contributed by atoms with van der Waals surface area (Å²) in [4.78, 5) is 4.36. The standard InChI is InChI=1S/C13H15N3O3/c1-17-8-4-5-9(10(14)7-8)13-15-12(16-19-13)11-3-2-6-18-11/h4-5,7,11H,2-3,6,14H2,1H3. The van der Waals surface area contributed by atoms with E-state index in [1.165, 1.54) is 0 Å². The first-order valence-corrected chi connectivity index (χ1v) is 6.17. The van der Waals surface area contributed by atoms with Crippen molar-refractivity contribution in [2.45, 2.75) is 18.9 Å². The van der Waals surface area contributed by atoms with Gasteiger partial charge in [-0.05, 0) is 25.0 Å². The second-order valence-corrected chi connectivity index (χ2v) is 4.41. The minimum absolute atomic E-state index is 0.0584. The van der Waals surface area contributed by atoms with E-state index in [9.17, 15) is 0 Å². The number of nitrogen functional groups attached to an aromatic ring is 1. The van der Waals surface area contributed by atoms with Crippen LogP contribution >= 0.6 is 0 Å². The van der Waals surface area contributed by atoms with Crippen LogP contribution in [0.15, 0.2) is 22.7 Å².